The smallest absolute Gasteiger partial charge is 0.340 e. The van der Waals surface area contributed by atoms with E-state index in [0.717, 1.165) is 12.1 Å². The maximum Gasteiger partial charge on any atom is 0.340 e. The first-order valence-electron chi connectivity index (χ1n) is 9.89. The number of hydrogen-bond donors (Lipinski definition) is 1. The highest BCUT2D eigenvalue weighted by Gasteiger charge is 2.19. The van der Waals surface area contributed by atoms with Crippen LogP contribution in [0.1, 0.15) is 31.8 Å². The molecule has 9 nitrogen and oxygen atoms in total. The summed E-state index contributed by atoms with van der Waals surface area (Å²) in [6, 6.07) is 17.2. The van der Waals surface area contributed by atoms with E-state index in [0.29, 0.717) is 16.6 Å². The number of rotatable bonds is 6. The zero-order chi connectivity index (χ0) is 24.2. The first-order chi connectivity index (χ1) is 16.4. The van der Waals surface area contributed by atoms with Gasteiger partial charge in [-0.15, -0.1) is 0 Å². The molecular weight excluding hydrogens is 460 g/mol. The number of carbonyl (C=O) groups excluding carboxylic acids is 2. The van der Waals surface area contributed by atoms with Crippen LogP contribution in [0.4, 0.5) is 11.4 Å². The highest BCUT2D eigenvalue weighted by Crippen LogP contribution is 2.25. The first-order valence-corrected chi connectivity index (χ1v) is 10.3. The summed E-state index contributed by atoms with van der Waals surface area (Å²) in [5.74, 6) is -1.35. The van der Waals surface area contributed by atoms with E-state index < -0.39 is 16.8 Å². The monoisotopic (exact) mass is 474 g/mol. The van der Waals surface area contributed by atoms with E-state index in [1.54, 1.807) is 35.0 Å². The largest absolute Gasteiger partial charge is 0.457 e. The number of fused-ring (bicyclic) bond motifs is 1. The molecule has 0 unspecified atom stereocenters. The third-order valence-electron chi connectivity index (χ3n) is 5.04. The van der Waals surface area contributed by atoms with Gasteiger partial charge in [0.15, 0.2) is 0 Å². The summed E-state index contributed by atoms with van der Waals surface area (Å²) in [6.07, 6.45) is 3.50. The van der Waals surface area contributed by atoms with E-state index in [-0.39, 0.29) is 34.1 Å². The number of nitriles is 1. The second kappa shape index (κ2) is 9.44. The van der Waals surface area contributed by atoms with Crippen LogP contribution >= 0.6 is 11.6 Å². The summed E-state index contributed by atoms with van der Waals surface area (Å²) in [4.78, 5) is 35.7. The van der Waals surface area contributed by atoms with Gasteiger partial charge in [-0.2, -0.15) is 5.26 Å². The number of amides is 1. The number of nitro benzene ring substituents is 1. The van der Waals surface area contributed by atoms with E-state index in [4.69, 9.17) is 16.3 Å². The molecule has 0 bridgehead atoms. The number of nitro groups is 1. The fourth-order valence-corrected chi connectivity index (χ4v) is 3.66. The third kappa shape index (κ3) is 4.44. The Kier molecular flexibility index (Phi) is 6.25. The molecular formula is C24H15ClN4O5. The number of non-ortho nitro benzene ring substituents is 1. The molecule has 4 rings (SSSR count). The van der Waals surface area contributed by atoms with Gasteiger partial charge in [0, 0.05) is 30.1 Å². The molecule has 2 aromatic carbocycles. The lowest BCUT2D eigenvalue weighted by atomic mass is 10.1. The molecule has 2 aromatic heterocycles. The number of pyridine rings is 1. The van der Waals surface area contributed by atoms with Crippen molar-refractivity contribution in [3.05, 3.63) is 110 Å². The van der Waals surface area contributed by atoms with Crippen molar-refractivity contribution in [1.82, 2.24) is 4.40 Å². The molecule has 10 heteroatoms. The lowest BCUT2D eigenvalue weighted by Crippen LogP contribution is -2.16. The fourth-order valence-electron chi connectivity index (χ4n) is 3.40. The molecule has 0 aliphatic carbocycles. The molecule has 0 aliphatic heterocycles. The molecule has 0 aliphatic rings. The molecule has 0 saturated carbocycles. The Morgan fingerprint density at radius 1 is 1.12 bits per heavy atom. The van der Waals surface area contributed by atoms with Crippen molar-refractivity contribution in [2.75, 3.05) is 5.32 Å². The number of nitrogens with zero attached hydrogens (tertiary/aromatic N) is 3. The number of hydrogen-bond acceptors (Lipinski definition) is 6. The molecule has 0 radical (unpaired) electrons. The highest BCUT2D eigenvalue weighted by atomic mass is 35.5. The lowest BCUT2D eigenvalue weighted by molar-refractivity contribution is -0.384. The van der Waals surface area contributed by atoms with E-state index in [9.17, 15) is 25.0 Å². The first kappa shape index (κ1) is 22.5. The Hall–Kier alpha value is -4.68. The Morgan fingerprint density at radius 3 is 2.62 bits per heavy atom. The quantitative estimate of drug-likeness (QED) is 0.238. The Labute approximate surface area is 197 Å². The Balaban J connectivity index is 1.52. The normalized spacial score (nSPS) is 10.5. The maximum atomic E-state index is 12.8. The second-order valence-electron chi connectivity index (χ2n) is 7.13. The number of para-hydroxylation sites is 1. The number of esters is 1. The summed E-state index contributed by atoms with van der Waals surface area (Å²) < 4.78 is 7.19. The summed E-state index contributed by atoms with van der Waals surface area (Å²) in [6.45, 7) is -0.139. The number of ether oxygens (including phenoxy) is 1. The molecule has 1 amide bonds. The van der Waals surface area contributed by atoms with Gasteiger partial charge in [0.25, 0.3) is 11.6 Å². The van der Waals surface area contributed by atoms with Gasteiger partial charge in [0.05, 0.1) is 37.8 Å². The molecule has 0 fully saturated rings. The minimum atomic E-state index is -0.704. The van der Waals surface area contributed by atoms with Crippen LogP contribution in [0.25, 0.3) is 5.52 Å². The van der Waals surface area contributed by atoms with Crippen LogP contribution in [0.2, 0.25) is 5.02 Å². The summed E-state index contributed by atoms with van der Waals surface area (Å²) in [7, 11) is 0. The van der Waals surface area contributed by atoms with Gasteiger partial charge in [-0.3, -0.25) is 14.9 Å². The number of halogens is 1. The zero-order valence-corrected chi connectivity index (χ0v) is 18.2. The van der Waals surface area contributed by atoms with Crippen molar-refractivity contribution in [2.24, 2.45) is 0 Å². The average molecular weight is 475 g/mol. The SMILES string of the molecule is N#Cc1c(COC(=O)c2ccccc2NC(=O)c2ccc([N+](=O)[O-])cc2Cl)cn2ccccc12. The maximum absolute atomic E-state index is 12.8. The predicted molar refractivity (Wildman–Crippen MR) is 124 cm³/mol. The minimum Gasteiger partial charge on any atom is -0.457 e. The molecule has 0 spiro atoms. The van der Waals surface area contributed by atoms with Crippen LogP contribution in [0.15, 0.2) is 73.1 Å². The summed E-state index contributed by atoms with van der Waals surface area (Å²) in [5.41, 5.74) is 1.67. The molecule has 0 atom stereocenters. The van der Waals surface area contributed by atoms with Crippen LogP contribution in [0.3, 0.4) is 0 Å². The van der Waals surface area contributed by atoms with Crippen molar-refractivity contribution in [3.8, 4) is 6.07 Å². The van der Waals surface area contributed by atoms with Gasteiger partial charge in [-0.1, -0.05) is 29.8 Å². The highest BCUT2D eigenvalue weighted by molar-refractivity contribution is 6.34. The standard InChI is InChI=1S/C24H15ClN4O5/c25-20-11-16(29(32)33)8-9-17(20)23(30)27-21-6-2-1-5-18(21)24(31)34-14-15-13-28-10-4-3-7-22(28)19(15)12-26/h1-11,13H,14H2,(H,27,30). The number of anilines is 1. The second-order valence-corrected chi connectivity index (χ2v) is 7.54. The van der Waals surface area contributed by atoms with E-state index in [2.05, 4.69) is 11.4 Å². The predicted octanol–water partition coefficient (Wildman–Crippen LogP) is 4.98. The molecule has 168 valence electrons. The zero-order valence-electron chi connectivity index (χ0n) is 17.4. The van der Waals surface area contributed by atoms with Gasteiger partial charge in [0.2, 0.25) is 0 Å². The fraction of sp³-hybridized carbons (Fsp3) is 0.0417. The number of carbonyl (C=O) groups is 2. The van der Waals surface area contributed by atoms with Crippen molar-refractivity contribution in [1.29, 1.82) is 5.26 Å². The number of benzene rings is 2. The summed E-state index contributed by atoms with van der Waals surface area (Å²) in [5, 5.41) is 22.9. The van der Waals surface area contributed by atoms with Gasteiger partial charge < -0.3 is 14.5 Å². The molecule has 34 heavy (non-hydrogen) atoms. The van der Waals surface area contributed by atoms with Crippen molar-refractivity contribution < 1.29 is 19.2 Å². The molecule has 2 heterocycles. The van der Waals surface area contributed by atoms with E-state index >= 15 is 0 Å². The Morgan fingerprint density at radius 2 is 1.88 bits per heavy atom. The van der Waals surface area contributed by atoms with Crippen LogP contribution in [-0.4, -0.2) is 21.2 Å². The Bertz CT molecular complexity index is 1490. The van der Waals surface area contributed by atoms with Crippen LogP contribution in [-0.2, 0) is 11.3 Å². The molecule has 0 saturated heterocycles. The van der Waals surface area contributed by atoms with Crippen molar-refractivity contribution >= 4 is 40.4 Å². The van der Waals surface area contributed by atoms with Gasteiger partial charge >= 0.3 is 5.97 Å². The number of nitrogens with one attached hydrogen (secondary N) is 1. The van der Waals surface area contributed by atoms with Crippen LogP contribution in [0, 0.1) is 21.4 Å². The van der Waals surface area contributed by atoms with E-state index in [1.165, 1.54) is 18.2 Å². The summed E-state index contributed by atoms with van der Waals surface area (Å²) >= 11 is 6.03. The molecule has 4 aromatic rings. The minimum absolute atomic E-state index is 0.00889. The van der Waals surface area contributed by atoms with Gasteiger partial charge in [0.1, 0.15) is 12.7 Å². The third-order valence-corrected chi connectivity index (χ3v) is 5.35. The van der Waals surface area contributed by atoms with Crippen LogP contribution in [0.5, 0.6) is 0 Å². The van der Waals surface area contributed by atoms with Crippen molar-refractivity contribution in [3.63, 3.8) is 0 Å². The van der Waals surface area contributed by atoms with Crippen molar-refractivity contribution in [2.45, 2.75) is 6.61 Å². The number of aromatic nitrogens is 1. The van der Waals surface area contributed by atoms with Crippen LogP contribution < -0.4 is 5.32 Å². The van der Waals surface area contributed by atoms with Gasteiger partial charge in [-0.25, -0.2) is 4.79 Å². The molecule has 1 N–H and O–H groups in total. The van der Waals surface area contributed by atoms with E-state index in [1.807, 2.05) is 12.1 Å². The lowest BCUT2D eigenvalue weighted by Gasteiger charge is -2.11. The average Bonchev–Trinajstić information content (AvgIpc) is 3.20. The topological polar surface area (TPSA) is 127 Å². The van der Waals surface area contributed by atoms with Gasteiger partial charge in [-0.05, 0) is 30.3 Å².